The van der Waals surface area contributed by atoms with Crippen LogP contribution in [0.15, 0.2) is 46.4 Å². The van der Waals surface area contributed by atoms with Crippen LogP contribution in [0.4, 0.5) is 0 Å². The zero-order chi connectivity index (χ0) is 13.2. The molecule has 0 radical (unpaired) electrons. The third kappa shape index (κ3) is 2.14. The summed E-state index contributed by atoms with van der Waals surface area (Å²) in [5, 5.41) is 3.81. The highest BCUT2D eigenvalue weighted by Crippen LogP contribution is 2.30. The van der Waals surface area contributed by atoms with E-state index in [9.17, 15) is 4.79 Å². The molecule has 1 atom stereocenters. The van der Waals surface area contributed by atoms with Gasteiger partial charge in [0, 0.05) is 6.42 Å². The number of hydrogen-bond donors (Lipinski definition) is 2. The number of fused-ring (bicyclic) bond motifs is 1. The molecule has 0 saturated carbocycles. The van der Waals surface area contributed by atoms with Crippen molar-refractivity contribution >= 4 is 5.71 Å². The Hall–Kier alpha value is -2.43. The van der Waals surface area contributed by atoms with Crippen LogP contribution in [0.25, 0.3) is 0 Å². The molecule has 1 unspecified atom stereocenters. The highest BCUT2D eigenvalue weighted by Gasteiger charge is 2.26. The van der Waals surface area contributed by atoms with Crippen molar-refractivity contribution in [2.75, 3.05) is 0 Å². The van der Waals surface area contributed by atoms with E-state index in [0.29, 0.717) is 17.3 Å². The number of rotatable bonds is 1. The number of H-pyrrole nitrogens is 1. The van der Waals surface area contributed by atoms with Crippen molar-refractivity contribution in [3.63, 3.8) is 0 Å². The van der Waals surface area contributed by atoms with Crippen LogP contribution in [0.3, 0.4) is 0 Å². The van der Waals surface area contributed by atoms with Crippen molar-refractivity contribution in [2.24, 2.45) is 10.9 Å². The Kier molecular flexibility index (Phi) is 2.87. The lowest BCUT2D eigenvalue weighted by molar-refractivity contribution is 0.670. The van der Waals surface area contributed by atoms with Crippen molar-refractivity contribution in [3.05, 3.63) is 63.8 Å². The molecule has 1 aromatic heterocycles. The van der Waals surface area contributed by atoms with Crippen LogP contribution in [0.2, 0.25) is 0 Å². The van der Waals surface area contributed by atoms with Gasteiger partial charge in [-0.25, -0.2) is 0 Å². The second-order valence-electron chi connectivity index (χ2n) is 4.66. The van der Waals surface area contributed by atoms with E-state index in [1.807, 2.05) is 18.2 Å². The molecule has 5 nitrogen and oxygen atoms in total. The van der Waals surface area contributed by atoms with Crippen molar-refractivity contribution in [3.8, 4) is 0 Å². The quantitative estimate of drug-likeness (QED) is 0.591. The fourth-order valence-corrected chi connectivity index (χ4v) is 2.54. The van der Waals surface area contributed by atoms with E-state index in [1.165, 1.54) is 11.8 Å². The van der Waals surface area contributed by atoms with Crippen LogP contribution in [0.1, 0.15) is 29.3 Å². The van der Waals surface area contributed by atoms with E-state index in [2.05, 4.69) is 27.2 Å². The van der Waals surface area contributed by atoms with E-state index >= 15 is 0 Å². The first-order valence-corrected chi connectivity index (χ1v) is 6.18. The number of nitrogens with zero attached hydrogens (tertiary/aromatic N) is 2. The molecule has 3 rings (SSSR count). The standard InChI is InChI=1S/C14H14N4O/c15-18-12-7-10(9-4-2-1-3-5-9)6-11-14(12)17-13(19)8-16-11/h1-5,8,10H,6-7,15H2,(H,17,19). The minimum absolute atomic E-state index is 0.224. The third-order valence-electron chi connectivity index (χ3n) is 3.47. The maximum Gasteiger partial charge on any atom is 0.266 e. The average molecular weight is 254 g/mol. The molecule has 5 heteroatoms. The molecule has 0 fully saturated rings. The van der Waals surface area contributed by atoms with Crippen molar-refractivity contribution in [2.45, 2.75) is 18.8 Å². The van der Waals surface area contributed by atoms with Gasteiger partial charge >= 0.3 is 0 Å². The molecule has 96 valence electrons. The highest BCUT2D eigenvalue weighted by atomic mass is 16.1. The van der Waals surface area contributed by atoms with Crippen LogP contribution in [0.5, 0.6) is 0 Å². The zero-order valence-corrected chi connectivity index (χ0v) is 10.3. The van der Waals surface area contributed by atoms with Gasteiger partial charge in [0.05, 0.1) is 23.3 Å². The van der Waals surface area contributed by atoms with Crippen molar-refractivity contribution < 1.29 is 0 Å². The summed E-state index contributed by atoms with van der Waals surface area (Å²) in [4.78, 5) is 18.3. The Morgan fingerprint density at radius 3 is 2.79 bits per heavy atom. The number of aromatic nitrogens is 2. The van der Waals surface area contributed by atoms with Gasteiger partial charge in [0.25, 0.3) is 5.56 Å². The minimum Gasteiger partial charge on any atom is -0.323 e. The summed E-state index contributed by atoms with van der Waals surface area (Å²) in [6.07, 6.45) is 2.81. The van der Waals surface area contributed by atoms with Crippen molar-refractivity contribution in [1.29, 1.82) is 0 Å². The van der Waals surface area contributed by atoms with Gasteiger partial charge < -0.3 is 10.8 Å². The summed E-state index contributed by atoms with van der Waals surface area (Å²) in [5.41, 5.74) is 3.26. The summed E-state index contributed by atoms with van der Waals surface area (Å²) in [6, 6.07) is 10.2. The Labute approximate surface area is 110 Å². The lowest BCUT2D eigenvalue weighted by atomic mass is 9.83. The number of benzene rings is 1. The molecule has 0 amide bonds. The summed E-state index contributed by atoms with van der Waals surface area (Å²) >= 11 is 0. The number of hydrazone groups is 1. The fraction of sp³-hybridized carbons (Fsp3) is 0.214. The highest BCUT2D eigenvalue weighted by molar-refractivity contribution is 6.01. The molecule has 2 aromatic rings. The monoisotopic (exact) mass is 254 g/mol. The van der Waals surface area contributed by atoms with Crippen LogP contribution >= 0.6 is 0 Å². The molecule has 3 N–H and O–H groups in total. The van der Waals surface area contributed by atoms with Gasteiger partial charge in [-0.15, -0.1) is 0 Å². The number of nitrogens with one attached hydrogen (secondary N) is 1. The molecular weight excluding hydrogens is 240 g/mol. The number of hydrogen-bond acceptors (Lipinski definition) is 4. The minimum atomic E-state index is -0.224. The van der Waals surface area contributed by atoms with E-state index < -0.39 is 0 Å². The smallest absolute Gasteiger partial charge is 0.266 e. The molecule has 0 bridgehead atoms. The summed E-state index contributed by atoms with van der Waals surface area (Å²) in [5.74, 6) is 5.75. The Morgan fingerprint density at radius 2 is 2.05 bits per heavy atom. The van der Waals surface area contributed by atoms with Gasteiger partial charge in [-0.3, -0.25) is 9.78 Å². The van der Waals surface area contributed by atoms with E-state index in [0.717, 1.165) is 18.5 Å². The van der Waals surface area contributed by atoms with Crippen LogP contribution < -0.4 is 11.4 Å². The van der Waals surface area contributed by atoms with Crippen LogP contribution in [0, 0.1) is 0 Å². The molecule has 1 heterocycles. The van der Waals surface area contributed by atoms with Gasteiger partial charge in [0.15, 0.2) is 0 Å². The normalized spacial score (nSPS) is 20.2. The first kappa shape index (κ1) is 11.6. The summed E-state index contributed by atoms with van der Waals surface area (Å²) in [6.45, 7) is 0. The molecule has 19 heavy (non-hydrogen) atoms. The molecule has 0 spiro atoms. The molecular formula is C14H14N4O. The van der Waals surface area contributed by atoms with Crippen LogP contribution in [-0.2, 0) is 6.42 Å². The number of aromatic amines is 1. The average Bonchev–Trinajstić information content (AvgIpc) is 2.47. The Bertz CT molecular complexity index is 675. The third-order valence-corrected chi connectivity index (χ3v) is 3.47. The number of nitrogens with two attached hydrogens (primary N) is 1. The Balaban J connectivity index is 2.04. The largest absolute Gasteiger partial charge is 0.323 e. The van der Waals surface area contributed by atoms with E-state index in [4.69, 9.17) is 5.84 Å². The zero-order valence-electron chi connectivity index (χ0n) is 10.3. The lowest BCUT2D eigenvalue weighted by Crippen LogP contribution is -2.26. The van der Waals surface area contributed by atoms with E-state index in [-0.39, 0.29) is 5.56 Å². The molecule has 0 aliphatic heterocycles. The van der Waals surface area contributed by atoms with Gasteiger partial charge in [-0.2, -0.15) is 5.10 Å². The van der Waals surface area contributed by atoms with Gasteiger partial charge in [-0.1, -0.05) is 30.3 Å². The summed E-state index contributed by atoms with van der Waals surface area (Å²) in [7, 11) is 0. The van der Waals surface area contributed by atoms with Gasteiger partial charge in [0.1, 0.15) is 0 Å². The molecule has 1 aromatic carbocycles. The maximum atomic E-state index is 11.3. The maximum absolute atomic E-state index is 11.3. The van der Waals surface area contributed by atoms with E-state index in [1.54, 1.807) is 0 Å². The first-order valence-electron chi connectivity index (χ1n) is 6.18. The SMILES string of the molecule is NN=C1CC(c2ccccc2)Cc2ncc(=O)[nH]c21. The second-order valence-corrected chi connectivity index (χ2v) is 4.66. The topological polar surface area (TPSA) is 84.1 Å². The second kappa shape index (κ2) is 4.68. The van der Waals surface area contributed by atoms with Crippen LogP contribution in [-0.4, -0.2) is 15.7 Å². The predicted octanol–water partition coefficient (Wildman–Crippen LogP) is 1.16. The predicted molar refractivity (Wildman–Crippen MR) is 73.1 cm³/mol. The van der Waals surface area contributed by atoms with Crippen molar-refractivity contribution in [1.82, 2.24) is 9.97 Å². The Morgan fingerprint density at radius 1 is 1.26 bits per heavy atom. The summed E-state index contributed by atoms with van der Waals surface area (Å²) < 4.78 is 0. The first-order chi connectivity index (χ1) is 9.28. The molecule has 0 saturated heterocycles. The fourth-order valence-electron chi connectivity index (χ4n) is 2.54. The molecule has 1 aliphatic carbocycles. The molecule has 1 aliphatic rings. The van der Waals surface area contributed by atoms with Gasteiger partial charge in [-0.05, 0) is 17.9 Å². The lowest BCUT2D eigenvalue weighted by Gasteiger charge is -2.24. The van der Waals surface area contributed by atoms with Gasteiger partial charge in [0.2, 0.25) is 0 Å².